The number of carbonyl (C=O) groups excluding carboxylic acids is 1. The maximum Gasteiger partial charge on any atom is 0.314 e. The fourth-order valence-corrected chi connectivity index (χ4v) is 4.70. The summed E-state index contributed by atoms with van der Waals surface area (Å²) in [5.41, 5.74) is 1.27. The molecule has 2 heterocycles. The Morgan fingerprint density at radius 2 is 1.89 bits per heavy atom. The minimum Gasteiger partial charge on any atom is -0.338 e. The topological polar surface area (TPSA) is 109 Å². The fraction of sp³-hybridized carbons (Fsp3) is 0.611. The lowest BCUT2D eigenvalue weighted by Crippen LogP contribution is -2.38. The predicted octanol–water partition coefficient (Wildman–Crippen LogP) is 1.56. The molecule has 1 saturated heterocycles. The molecule has 0 bridgehead atoms. The van der Waals surface area contributed by atoms with Crippen molar-refractivity contribution in [2.75, 3.05) is 26.2 Å². The van der Waals surface area contributed by atoms with Gasteiger partial charge in [0.25, 0.3) is 0 Å². The molecule has 1 aromatic heterocycles. The van der Waals surface area contributed by atoms with Crippen LogP contribution in [0.25, 0.3) is 11.0 Å². The van der Waals surface area contributed by atoms with E-state index in [1.165, 1.54) is 4.31 Å². The van der Waals surface area contributed by atoms with Crippen molar-refractivity contribution in [2.24, 2.45) is 5.92 Å². The van der Waals surface area contributed by atoms with Gasteiger partial charge in [-0.05, 0) is 43.4 Å². The maximum atomic E-state index is 12.7. The number of benzene rings is 1. The smallest absolute Gasteiger partial charge is 0.314 e. The number of aromatic nitrogens is 3. The van der Waals surface area contributed by atoms with Gasteiger partial charge < -0.3 is 10.6 Å². The summed E-state index contributed by atoms with van der Waals surface area (Å²) in [6.07, 6.45) is 2.73. The zero-order chi connectivity index (χ0) is 20.1. The van der Waals surface area contributed by atoms with Crippen molar-refractivity contribution in [3.63, 3.8) is 0 Å². The Bertz CT molecular complexity index is 919. The average Bonchev–Trinajstić information content (AvgIpc) is 3.31. The van der Waals surface area contributed by atoms with Gasteiger partial charge in [0.2, 0.25) is 10.0 Å². The standard InChI is InChI=1S/C18H28N6O3S/c1-14(2)7-8-19-18(25)20-9-12-24-17-6-5-15(13-16(17)21-22-24)28(26,27)23-10-3-4-11-23/h5-6,13-14H,3-4,7-12H2,1-2H3,(H2,19,20,25). The van der Waals surface area contributed by atoms with Crippen LogP contribution in [-0.4, -0.2) is 59.9 Å². The number of urea groups is 1. The number of amides is 2. The Kier molecular flexibility index (Phi) is 6.50. The minimum absolute atomic E-state index is 0.205. The Balaban J connectivity index is 1.59. The molecule has 1 aromatic carbocycles. The van der Waals surface area contributed by atoms with E-state index in [-0.39, 0.29) is 10.9 Å². The summed E-state index contributed by atoms with van der Waals surface area (Å²) in [6, 6.07) is 4.69. The molecule has 0 saturated carbocycles. The number of carbonyl (C=O) groups is 1. The number of sulfonamides is 1. The molecule has 2 amide bonds. The third-order valence-corrected chi connectivity index (χ3v) is 6.70. The van der Waals surface area contributed by atoms with Crippen LogP contribution in [0.4, 0.5) is 4.79 Å². The first-order chi connectivity index (χ1) is 13.4. The molecule has 9 nitrogen and oxygen atoms in total. The van der Waals surface area contributed by atoms with Crippen LogP contribution < -0.4 is 10.6 Å². The molecule has 0 aliphatic carbocycles. The van der Waals surface area contributed by atoms with E-state index in [4.69, 9.17) is 0 Å². The molecule has 1 aliphatic rings. The van der Waals surface area contributed by atoms with Crippen molar-refractivity contribution in [3.8, 4) is 0 Å². The first-order valence-corrected chi connectivity index (χ1v) is 11.2. The van der Waals surface area contributed by atoms with Gasteiger partial charge in [0.15, 0.2) is 0 Å². The molecule has 0 atom stereocenters. The van der Waals surface area contributed by atoms with Crippen LogP contribution >= 0.6 is 0 Å². The van der Waals surface area contributed by atoms with Gasteiger partial charge in [-0.15, -0.1) is 5.10 Å². The number of nitrogens with zero attached hydrogens (tertiary/aromatic N) is 4. The van der Waals surface area contributed by atoms with Crippen LogP contribution in [0.3, 0.4) is 0 Å². The number of fused-ring (bicyclic) bond motifs is 1. The van der Waals surface area contributed by atoms with Gasteiger partial charge in [0.05, 0.1) is 17.0 Å². The van der Waals surface area contributed by atoms with E-state index in [9.17, 15) is 13.2 Å². The van der Waals surface area contributed by atoms with Crippen LogP contribution in [0.5, 0.6) is 0 Å². The van der Waals surface area contributed by atoms with E-state index in [1.807, 2.05) is 0 Å². The molecule has 28 heavy (non-hydrogen) atoms. The van der Waals surface area contributed by atoms with Crippen LogP contribution in [0.15, 0.2) is 23.1 Å². The van der Waals surface area contributed by atoms with Crippen molar-refractivity contribution in [2.45, 2.75) is 44.6 Å². The first-order valence-electron chi connectivity index (χ1n) is 9.73. The summed E-state index contributed by atoms with van der Waals surface area (Å²) in [5.74, 6) is 0.543. The Hall–Kier alpha value is -2.20. The summed E-state index contributed by atoms with van der Waals surface area (Å²) >= 11 is 0. The molecule has 3 rings (SSSR count). The highest BCUT2D eigenvalue weighted by Crippen LogP contribution is 2.23. The van der Waals surface area contributed by atoms with E-state index >= 15 is 0 Å². The van der Waals surface area contributed by atoms with Gasteiger partial charge in [-0.3, -0.25) is 0 Å². The number of hydrogen-bond acceptors (Lipinski definition) is 5. The van der Waals surface area contributed by atoms with Gasteiger partial charge in [0, 0.05) is 26.2 Å². The van der Waals surface area contributed by atoms with Crippen molar-refractivity contribution in [3.05, 3.63) is 18.2 Å². The highest BCUT2D eigenvalue weighted by Gasteiger charge is 2.27. The monoisotopic (exact) mass is 408 g/mol. The Morgan fingerprint density at radius 3 is 2.61 bits per heavy atom. The van der Waals surface area contributed by atoms with Crippen molar-refractivity contribution >= 4 is 27.1 Å². The van der Waals surface area contributed by atoms with Crippen LogP contribution in [0.2, 0.25) is 0 Å². The van der Waals surface area contributed by atoms with E-state index in [1.54, 1.807) is 22.9 Å². The SMILES string of the molecule is CC(C)CCNC(=O)NCCn1nnc2cc(S(=O)(=O)N3CCCC3)ccc21. The maximum absolute atomic E-state index is 12.7. The van der Waals surface area contributed by atoms with E-state index in [2.05, 4.69) is 34.8 Å². The third kappa shape index (κ3) is 4.79. The first kappa shape index (κ1) is 20.5. The van der Waals surface area contributed by atoms with E-state index in [0.29, 0.717) is 44.2 Å². The Labute approximate surface area is 165 Å². The molecule has 10 heteroatoms. The van der Waals surface area contributed by atoms with Gasteiger partial charge in [-0.25, -0.2) is 17.9 Å². The second-order valence-corrected chi connectivity index (χ2v) is 9.38. The van der Waals surface area contributed by atoms with Crippen LogP contribution in [-0.2, 0) is 16.6 Å². The van der Waals surface area contributed by atoms with Crippen molar-refractivity contribution in [1.29, 1.82) is 0 Å². The molecule has 2 aromatic rings. The average molecular weight is 409 g/mol. The summed E-state index contributed by atoms with van der Waals surface area (Å²) in [7, 11) is -3.47. The summed E-state index contributed by atoms with van der Waals surface area (Å²) < 4.78 is 28.5. The third-order valence-electron chi connectivity index (χ3n) is 4.80. The molecular weight excluding hydrogens is 380 g/mol. The van der Waals surface area contributed by atoms with Crippen LogP contribution in [0, 0.1) is 5.92 Å². The second-order valence-electron chi connectivity index (χ2n) is 7.44. The van der Waals surface area contributed by atoms with Gasteiger partial charge >= 0.3 is 6.03 Å². The molecule has 1 aliphatic heterocycles. The van der Waals surface area contributed by atoms with Gasteiger partial charge in [0.1, 0.15) is 5.52 Å². The zero-order valence-electron chi connectivity index (χ0n) is 16.4. The van der Waals surface area contributed by atoms with Crippen molar-refractivity contribution in [1.82, 2.24) is 29.9 Å². The number of rotatable bonds is 8. The fourth-order valence-electron chi connectivity index (χ4n) is 3.17. The zero-order valence-corrected chi connectivity index (χ0v) is 17.2. The number of nitrogens with one attached hydrogen (secondary N) is 2. The second kappa shape index (κ2) is 8.87. The molecule has 154 valence electrons. The van der Waals surface area contributed by atoms with E-state index < -0.39 is 10.0 Å². The highest BCUT2D eigenvalue weighted by molar-refractivity contribution is 7.89. The van der Waals surface area contributed by atoms with Gasteiger partial charge in [-0.1, -0.05) is 19.1 Å². The quantitative estimate of drug-likeness (QED) is 0.689. The van der Waals surface area contributed by atoms with Gasteiger partial charge in [-0.2, -0.15) is 4.31 Å². The summed E-state index contributed by atoms with van der Waals surface area (Å²) in [5, 5.41) is 13.8. The molecule has 2 N–H and O–H groups in total. The molecule has 0 spiro atoms. The lowest BCUT2D eigenvalue weighted by Gasteiger charge is -2.15. The number of hydrogen-bond donors (Lipinski definition) is 2. The van der Waals surface area contributed by atoms with Crippen molar-refractivity contribution < 1.29 is 13.2 Å². The summed E-state index contributed by atoms with van der Waals surface area (Å²) in [4.78, 5) is 12.0. The largest absolute Gasteiger partial charge is 0.338 e. The molecule has 0 radical (unpaired) electrons. The summed E-state index contributed by atoms with van der Waals surface area (Å²) in [6.45, 7) is 6.85. The van der Waals surface area contributed by atoms with E-state index in [0.717, 1.165) is 24.8 Å². The molecular formula is C18H28N6O3S. The Morgan fingerprint density at radius 1 is 1.18 bits per heavy atom. The molecule has 0 unspecified atom stereocenters. The highest BCUT2D eigenvalue weighted by atomic mass is 32.2. The normalized spacial score (nSPS) is 15.4. The lowest BCUT2D eigenvalue weighted by molar-refractivity contribution is 0.239. The predicted molar refractivity (Wildman–Crippen MR) is 106 cm³/mol. The van der Waals surface area contributed by atoms with Crippen LogP contribution in [0.1, 0.15) is 33.1 Å². The minimum atomic E-state index is -3.47. The molecule has 1 fully saturated rings. The lowest BCUT2D eigenvalue weighted by atomic mass is 10.1.